The molecule has 0 aliphatic heterocycles. The summed E-state index contributed by atoms with van der Waals surface area (Å²) in [5, 5.41) is 0.776. The predicted molar refractivity (Wildman–Crippen MR) is 71.3 cm³/mol. The molecule has 4 heteroatoms. The highest BCUT2D eigenvalue weighted by atomic mass is 35.5. The Hall–Kier alpha value is -0.220. The molecule has 1 aromatic carbocycles. The van der Waals surface area contributed by atoms with Crippen LogP contribution >= 0.6 is 23.4 Å². The molecule has 16 heavy (non-hydrogen) atoms. The van der Waals surface area contributed by atoms with Gasteiger partial charge in [0.25, 0.3) is 0 Å². The van der Waals surface area contributed by atoms with E-state index in [0.29, 0.717) is 6.54 Å². The van der Waals surface area contributed by atoms with Gasteiger partial charge in [-0.2, -0.15) is 0 Å². The largest absolute Gasteiger partial charge is 0.377 e. The smallest absolute Gasteiger partial charge is 0.0705 e. The third kappa shape index (κ3) is 5.21. The summed E-state index contributed by atoms with van der Waals surface area (Å²) < 4.78 is 5.49. The SMILES string of the molecule is CCOC(CN)CCSc1ccc(Cl)cc1. The fourth-order valence-electron chi connectivity index (χ4n) is 1.34. The zero-order valence-corrected chi connectivity index (χ0v) is 11.1. The Kier molecular flexibility index (Phi) is 6.88. The summed E-state index contributed by atoms with van der Waals surface area (Å²) in [4.78, 5) is 1.23. The second-order valence-electron chi connectivity index (χ2n) is 3.40. The van der Waals surface area contributed by atoms with E-state index in [1.165, 1.54) is 4.90 Å². The van der Waals surface area contributed by atoms with Crippen molar-refractivity contribution < 1.29 is 4.74 Å². The van der Waals surface area contributed by atoms with Crippen LogP contribution in [0.15, 0.2) is 29.2 Å². The average molecular weight is 260 g/mol. The van der Waals surface area contributed by atoms with E-state index >= 15 is 0 Å². The standard InChI is InChI=1S/C12H18ClNOS/c1-2-15-11(9-14)7-8-16-12-5-3-10(13)4-6-12/h3-6,11H,2,7-9,14H2,1H3. The lowest BCUT2D eigenvalue weighted by molar-refractivity contribution is 0.0674. The second kappa shape index (κ2) is 7.96. The molecule has 1 unspecified atom stereocenters. The highest BCUT2D eigenvalue weighted by Crippen LogP contribution is 2.21. The Morgan fingerprint density at radius 3 is 2.62 bits per heavy atom. The van der Waals surface area contributed by atoms with Gasteiger partial charge in [0.05, 0.1) is 6.10 Å². The van der Waals surface area contributed by atoms with Gasteiger partial charge >= 0.3 is 0 Å². The Morgan fingerprint density at radius 2 is 2.06 bits per heavy atom. The van der Waals surface area contributed by atoms with Crippen LogP contribution in [0.4, 0.5) is 0 Å². The van der Waals surface area contributed by atoms with Gasteiger partial charge in [-0.1, -0.05) is 11.6 Å². The molecule has 0 aliphatic carbocycles. The van der Waals surface area contributed by atoms with Crippen LogP contribution in [0, 0.1) is 0 Å². The summed E-state index contributed by atoms with van der Waals surface area (Å²) in [7, 11) is 0. The third-order valence-electron chi connectivity index (χ3n) is 2.19. The minimum Gasteiger partial charge on any atom is -0.377 e. The van der Waals surface area contributed by atoms with E-state index in [4.69, 9.17) is 22.1 Å². The first-order valence-electron chi connectivity index (χ1n) is 5.46. The molecule has 0 spiro atoms. The van der Waals surface area contributed by atoms with Gasteiger partial charge in [0, 0.05) is 28.8 Å². The van der Waals surface area contributed by atoms with Crippen LogP contribution in [0.2, 0.25) is 5.02 Å². The Balaban J connectivity index is 2.26. The van der Waals surface area contributed by atoms with Crippen molar-refractivity contribution in [2.24, 2.45) is 5.73 Å². The minimum absolute atomic E-state index is 0.185. The predicted octanol–water partition coefficient (Wildman–Crippen LogP) is 3.19. The lowest BCUT2D eigenvalue weighted by Gasteiger charge is -2.14. The number of nitrogens with two attached hydrogens (primary N) is 1. The molecule has 0 saturated heterocycles. The van der Waals surface area contributed by atoms with Crippen LogP contribution in [0.5, 0.6) is 0 Å². The van der Waals surface area contributed by atoms with Crippen LogP contribution in [0.1, 0.15) is 13.3 Å². The maximum Gasteiger partial charge on any atom is 0.0705 e. The van der Waals surface area contributed by atoms with Gasteiger partial charge in [-0.25, -0.2) is 0 Å². The summed E-state index contributed by atoms with van der Waals surface area (Å²) in [6.07, 6.45) is 1.17. The van der Waals surface area contributed by atoms with Gasteiger partial charge in [0.1, 0.15) is 0 Å². The van der Waals surface area contributed by atoms with E-state index in [2.05, 4.69) is 0 Å². The zero-order valence-electron chi connectivity index (χ0n) is 9.49. The monoisotopic (exact) mass is 259 g/mol. The van der Waals surface area contributed by atoms with Crippen LogP contribution < -0.4 is 5.73 Å². The molecule has 1 rings (SSSR count). The van der Waals surface area contributed by atoms with E-state index < -0.39 is 0 Å². The van der Waals surface area contributed by atoms with E-state index in [1.807, 2.05) is 31.2 Å². The van der Waals surface area contributed by atoms with E-state index in [0.717, 1.165) is 23.8 Å². The lowest BCUT2D eigenvalue weighted by atomic mass is 10.3. The number of hydrogen-bond acceptors (Lipinski definition) is 3. The number of benzene rings is 1. The molecule has 0 radical (unpaired) electrons. The summed E-state index contributed by atoms with van der Waals surface area (Å²) in [5.74, 6) is 1.02. The fourth-order valence-corrected chi connectivity index (χ4v) is 2.41. The van der Waals surface area contributed by atoms with Crippen LogP contribution in [-0.2, 0) is 4.74 Å². The van der Waals surface area contributed by atoms with Crippen LogP contribution in [-0.4, -0.2) is 25.0 Å². The van der Waals surface area contributed by atoms with E-state index in [-0.39, 0.29) is 6.10 Å². The Labute approximate surface area is 107 Å². The molecule has 0 bridgehead atoms. The lowest BCUT2D eigenvalue weighted by Crippen LogP contribution is -2.24. The molecule has 1 aromatic rings. The van der Waals surface area contributed by atoms with Crippen molar-refractivity contribution in [2.75, 3.05) is 18.9 Å². The third-order valence-corrected chi connectivity index (χ3v) is 3.48. The molecule has 1 atom stereocenters. The van der Waals surface area contributed by atoms with E-state index in [9.17, 15) is 0 Å². The van der Waals surface area contributed by atoms with Crippen molar-refractivity contribution >= 4 is 23.4 Å². The van der Waals surface area contributed by atoms with Gasteiger partial charge < -0.3 is 10.5 Å². The van der Waals surface area contributed by atoms with Gasteiger partial charge in [-0.15, -0.1) is 11.8 Å². The Morgan fingerprint density at radius 1 is 1.38 bits per heavy atom. The molecule has 0 aliphatic rings. The first-order chi connectivity index (χ1) is 7.76. The van der Waals surface area contributed by atoms with Crippen molar-refractivity contribution in [3.63, 3.8) is 0 Å². The molecule has 90 valence electrons. The zero-order chi connectivity index (χ0) is 11.8. The molecule has 0 aromatic heterocycles. The van der Waals surface area contributed by atoms with Crippen LogP contribution in [0.3, 0.4) is 0 Å². The number of rotatable bonds is 7. The highest BCUT2D eigenvalue weighted by Gasteiger charge is 2.05. The van der Waals surface area contributed by atoms with Crippen molar-refractivity contribution in [3.8, 4) is 0 Å². The molecule has 0 saturated carbocycles. The van der Waals surface area contributed by atoms with Crippen molar-refractivity contribution in [1.82, 2.24) is 0 Å². The maximum atomic E-state index is 5.81. The minimum atomic E-state index is 0.185. The topological polar surface area (TPSA) is 35.2 Å². The number of thioether (sulfide) groups is 1. The molecule has 2 N–H and O–H groups in total. The normalized spacial score (nSPS) is 12.7. The molecule has 0 heterocycles. The quantitative estimate of drug-likeness (QED) is 0.764. The number of ether oxygens (including phenoxy) is 1. The fraction of sp³-hybridized carbons (Fsp3) is 0.500. The van der Waals surface area contributed by atoms with Gasteiger partial charge in [0.2, 0.25) is 0 Å². The molecule has 0 fully saturated rings. The summed E-state index contributed by atoms with van der Waals surface area (Å²) >= 11 is 7.62. The van der Waals surface area contributed by atoms with Gasteiger partial charge in [0.15, 0.2) is 0 Å². The maximum absolute atomic E-state index is 5.81. The summed E-state index contributed by atoms with van der Waals surface area (Å²) in [6.45, 7) is 3.32. The number of halogens is 1. The molecular weight excluding hydrogens is 242 g/mol. The van der Waals surface area contributed by atoms with Gasteiger partial charge in [-0.05, 0) is 37.6 Å². The first-order valence-corrected chi connectivity index (χ1v) is 6.82. The first kappa shape index (κ1) is 13.8. The van der Waals surface area contributed by atoms with Crippen LogP contribution in [0.25, 0.3) is 0 Å². The molecule has 2 nitrogen and oxygen atoms in total. The average Bonchev–Trinajstić information content (AvgIpc) is 2.30. The second-order valence-corrected chi connectivity index (χ2v) is 5.01. The Bertz CT molecular complexity index is 292. The summed E-state index contributed by atoms with van der Waals surface area (Å²) in [6, 6.07) is 7.88. The van der Waals surface area contributed by atoms with E-state index in [1.54, 1.807) is 11.8 Å². The molecular formula is C12H18ClNOS. The number of hydrogen-bond donors (Lipinski definition) is 1. The van der Waals surface area contributed by atoms with Crippen molar-refractivity contribution in [3.05, 3.63) is 29.3 Å². The molecule has 0 amide bonds. The van der Waals surface area contributed by atoms with Crippen molar-refractivity contribution in [1.29, 1.82) is 0 Å². The van der Waals surface area contributed by atoms with Crippen molar-refractivity contribution in [2.45, 2.75) is 24.3 Å². The van der Waals surface area contributed by atoms with Gasteiger partial charge in [-0.3, -0.25) is 0 Å². The highest BCUT2D eigenvalue weighted by molar-refractivity contribution is 7.99. The summed E-state index contributed by atoms with van der Waals surface area (Å²) in [5.41, 5.74) is 5.61.